The Labute approximate surface area is 141 Å². The minimum absolute atomic E-state index is 0.0577. The SMILES string of the molecule is O=C(C[C@H]1CC[C@@H](NC(=O)C2CC2)[C@H](CO)O1)Nc1ccccc1. The van der Waals surface area contributed by atoms with E-state index in [2.05, 4.69) is 10.6 Å². The van der Waals surface area contributed by atoms with Crippen LogP contribution in [-0.4, -0.2) is 41.8 Å². The van der Waals surface area contributed by atoms with Crippen LogP contribution >= 0.6 is 0 Å². The average molecular weight is 332 g/mol. The molecule has 1 aliphatic heterocycles. The second kappa shape index (κ2) is 7.77. The zero-order valence-corrected chi connectivity index (χ0v) is 13.6. The Kier molecular flexibility index (Phi) is 5.48. The Balaban J connectivity index is 1.47. The topological polar surface area (TPSA) is 87.7 Å². The molecule has 6 heteroatoms. The number of anilines is 1. The van der Waals surface area contributed by atoms with E-state index in [4.69, 9.17) is 4.74 Å². The lowest BCUT2D eigenvalue weighted by Crippen LogP contribution is -2.51. The second-order valence-corrected chi connectivity index (χ2v) is 6.56. The molecule has 2 amide bonds. The molecule has 1 saturated heterocycles. The van der Waals surface area contributed by atoms with Crippen LogP contribution in [0.4, 0.5) is 5.69 Å². The number of nitrogens with one attached hydrogen (secondary N) is 2. The number of carbonyl (C=O) groups excluding carboxylic acids is 2. The molecule has 0 spiro atoms. The first kappa shape index (κ1) is 16.9. The molecule has 0 bridgehead atoms. The van der Waals surface area contributed by atoms with E-state index >= 15 is 0 Å². The number of para-hydroxylation sites is 1. The third-order valence-corrected chi connectivity index (χ3v) is 4.54. The van der Waals surface area contributed by atoms with Gasteiger partial charge in [-0.2, -0.15) is 0 Å². The average Bonchev–Trinajstić information content (AvgIpc) is 3.42. The first-order chi connectivity index (χ1) is 11.7. The Bertz CT molecular complexity index is 574. The van der Waals surface area contributed by atoms with E-state index in [-0.39, 0.29) is 42.9 Å². The molecule has 130 valence electrons. The predicted molar refractivity (Wildman–Crippen MR) is 89.3 cm³/mol. The van der Waals surface area contributed by atoms with Crippen molar-refractivity contribution in [2.24, 2.45) is 5.92 Å². The van der Waals surface area contributed by atoms with Crippen LogP contribution in [-0.2, 0) is 14.3 Å². The summed E-state index contributed by atoms with van der Waals surface area (Å²) in [5, 5.41) is 15.3. The number of aliphatic hydroxyl groups is 1. The number of amides is 2. The highest BCUT2D eigenvalue weighted by Crippen LogP contribution is 2.30. The van der Waals surface area contributed by atoms with Crippen molar-refractivity contribution < 1.29 is 19.4 Å². The summed E-state index contributed by atoms with van der Waals surface area (Å²) in [6, 6.07) is 9.11. The lowest BCUT2D eigenvalue weighted by atomic mass is 9.96. The van der Waals surface area contributed by atoms with Crippen LogP contribution in [0.3, 0.4) is 0 Å². The third-order valence-electron chi connectivity index (χ3n) is 4.54. The molecule has 6 nitrogen and oxygen atoms in total. The van der Waals surface area contributed by atoms with Crippen LogP contribution < -0.4 is 10.6 Å². The highest BCUT2D eigenvalue weighted by Gasteiger charge is 2.36. The fraction of sp³-hybridized carbons (Fsp3) is 0.556. The minimum atomic E-state index is -0.448. The molecule has 1 saturated carbocycles. The maximum absolute atomic E-state index is 12.1. The monoisotopic (exact) mass is 332 g/mol. The van der Waals surface area contributed by atoms with Crippen molar-refractivity contribution in [3.8, 4) is 0 Å². The first-order valence-electron chi connectivity index (χ1n) is 8.57. The maximum atomic E-state index is 12.1. The standard InChI is InChI=1S/C18H24N2O4/c21-11-16-15(20-18(23)12-6-7-12)9-8-14(24-16)10-17(22)19-13-4-2-1-3-5-13/h1-5,12,14-16,21H,6-11H2,(H,19,22)(H,20,23)/t14-,15-,16+/m1/s1. The lowest BCUT2D eigenvalue weighted by Gasteiger charge is -2.36. The highest BCUT2D eigenvalue weighted by molar-refractivity contribution is 5.91. The molecule has 1 aromatic rings. The van der Waals surface area contributed by atoms with Crippen LogP contribution in [0.1, 0.15) is 32.1 Å². The summed E-state index contributed by atoms with van der Waals surface area (Å²) in [7, 11) is 0. The molecular formula is C18H24N2O4. The molecule has 1 heterocycles. The van der Waals surface area contributed by atoms with Gasteiger partial charge in [-0.1, -0.05) is 18.2 Å². The zero-order valence-electron chi connectivity index (χ0n) is 13.6. The first-order valence-corrected chi connectivity index (χ1v) is 8.57. The summed E-state index contributed by atoms with van der Waals surface area (Å²) in [5.41, 5.74) is 0.756. The second-order valence-electron chi connectivity index (χ2n) is 6.56. The largest absolute Gasteiger partial charge is 0.394 e. The van der Waals surface area contributed by atoms with Crippen molar-refractivity contribution in [1.29, 1.82) is 0 Å². The quantitative estimate of drug-likeness (QED) is 0.736. The van der Waals surface area contributed by atoms with Crippen LogP contribution in [0, 0.1) is 5.92 Å². The minimum Gasteiger partial charge on any atom is -0.394 e. The Hall–Kier alpha value is -1.92. The van der Waals surface area contributed by atoms with Gasteiger partial charge in [0.2, 0.25) is 11.8 Å². The van der Waals surface area contributed by atoms with Gasteiger partial charge in [0.25, 0.3) is 0 Å². The van der Waals surface area contributed by atoms with E-state index in [0.717, 1.165) is 18.5 Å². The van der Waals surface area contributed by atoms with Crippen molar-refractivity contribution in [1.82, 2.24) is 5.32 Å². The summed E-state index contributed by atoms with van der Waals surface area (Å²) in [5.74, 6) is 0.0874. The lowest BCUT2D eigenvalue weighted by molar-refractivity contribution is -0.134. The molecular weight excluding hydrogens is 308 g/mol. The molecule has 1 aliphatic carbocycles. The van der Waals surface area contributed by atoms with Gasteiger partial charge in [-0.3, -0.25) is 9.59 Å². The summed E-state index contributed by atoms with van der Waals surface area (Å²) in [4.78, 5) is 24.0. The van der Waals surface area contributed by atoms with Crippen LogP contribution in [0.2, 0.25) is 0 Å². The van der Waals surface area contributed by atoms with Crippen LogP contribution in [0.5, 0.6) is 0 Å². The summed E-state index contributed by atoms with van der Waals surface area (Å²) >= 11 is 0. The van der Waals surface area contributed by atoms with Crippen molar-refractivity contribution in [2.75, 3.05) is 11.9 Å². The number of ether oxygens (including phenoxy) is 1. The van der Waals surface area contributed by atoms with Crippen LogP contribution in [0.15, 0.2) is 30.3 Å². The molecule has 0 unspecified atom stereocenters. The molecule has 2 fully saturated rings. The Morgan fingerprint density at radius 1 is 1.12 bits per heavy atom. The zero-order chi connectivity index (χ0) is 16.9. The van der Waals surface area contributed by atoms with Gasteiger partial charge in [-0.15, -0.1) is 0 Å². The Morgan fingerprint density at radius 2 is 1.88 bits per heavy atom. The maximum Gasteiger partial charge on any atom is 0.226 e. The summed E-state index contributed by atoms with van der Waals surface area (Å²) < 4.78 is 5.83. The molecule has 24 heavy (non-hydrogen) atoms. The van der Waals surface area contributed by atoms with Gasteiger partial charge in [-0.25, -0.2) is 0 Å². The number of benzene rings is 1. The van der Waals surface area contributed by atoms with E-state index < -0.39 is 6.10 Å². The molecule has 2 aliphatic rings. The van der Waals surface area contributed by atoms with Gasteiger partial charge in [0, 0.05) is 11.6 Å². The van der Waals surface area contributed by atoms with Gasteiger partial charge >= 0.3 is 0 Å². The van der Waals surface area contributed by atoms with Gasteiger partial charge in [0.1, 0.15) is 6.10 Å². The normalized spacial score (nSPS) is 26.6. The van der Waals surface area contributed by atoms with Gasteiger partial charge in [0.15, 0.2) is 0 Å². The van der Waals surface area contributed by atoms with Crippen molar-refractivity contribution in [3.63, 3.8) is 0 Å². The smallest absolute Gasteiger partial charge is 0.226 e. The van der Waals surface area contributed by atoms with E-state index in [1.54, 1.807) is 0 Å². The molecule has 0 aromatic heterocycles. The third kappa shape index (κ3) is 4.55. The molecule has 3 atom stereocenters. The van der Waals surface area contributed by atoms with Crippen molar-refractivity contribution >= 4 is 17.5 Å². The highest BCUT2D eigenvalue weighted by atomic mass is 16.5. The number of carbonyl (C=O) groups is 2. The van der Waals surface area contributed by atoms with E-state index in [1.165, 1.54) is 0 Å². The number of rotatable bonds is 6. The molecule has 3 N–H and O–H groups in total. The molecule has 0 radical (unpaired) electrons. The number of aliphatic hydroxyl groups excluding tert-OH is 1. The summed E-state index contributed by atoms with van der Waals surface area (Å²) in [6.07, 6.45) is 2.86. The fourth-order valence-corrected chi connectivity index (χ4v) is 3.03. The summed E-state index contributed by atoms with van der Waals surface area (Å²) in [6.45, 7) is -0.160. The van der Waals surface area contributed by atoms with Crippen LogP contribution in [0.25, 0.3) is 0 Å². The van der Waals surface area contributed by atoms with E-state index in [1.807, 2.05) is 30.3 Å². The Morgan fingerprint density at radius 3 is 2.54 bits per heavy atom. The molecule has 3 rings (SSSR count). The fourth-order valence-electron chi connectivity index (χ4n) is 3.03. The number of hydrogen-bond acceptors (Lipinski definition) is 4. The molecule has 1 aromatic carbocycles. The van der Waals surface area contributed by atoms with Gasteiger partial charge in [0.05, 0.1) is 25.2 Å². The van der Waals surface area contributed by atoms with Gasteiger partial charge in [-0.05, 0) is 37.8 Å². The van der Waals surface area contributed by atoms with Crippen molar-refractivity contribution in [3.05, 3.63) is 30.3 Å². The van der Waals surface area contributed by atoms with E-state index in [9.17, 15) is 14.7 Å². The van der Waals surface area contributed by atoms with Gasteiger partial charge < -0.3 is 20.5 Å². The predicted octanol–water partition coefficient (Wildman–Crippen LogP) is 1.45. The number of hydrogen-bond donors (Lipinski definition) is 3. The van der Waals surface area contributed by atoms with E-state index in [0.29, 0.717) is 12.8 Å². The van der Waals surface area contributed by atoms with Crippen molar-refractivity contribution in [2.45, 2.75) is 50.4 Å².